The predicted molar refractivity (Wildman–Crippen MR) is 181 cm³/mol. The zero-order chi connectivity index (χ0) is 31.4. The fourth-order valence-corrected chi connectivity index (χ4v) is 6.48. The van der Waals surface area contributed by atoms with E-state index in [1.54, 1.807) is 10.6 Å². The normalized spacial score (nSPS) is 13.3. The fraction of sp³-hybridized carbons (Fsp3) is 0.361. The number of rotatable bonds is 9. The highest BCUT2D eigenvalue weighted by Gasteiger charge is 2.27. The Bertz CT molecular complexity index is 1700. The second kappa shape index (κ2) is 13.7. The van der Waals surface area contributed by atoms with Crippen molar-refractivity contribution in [3.05, 3.63) is 92.2 Å². The summed E-state index contributed by atoms with van der Waals surface area (Å²) in [6.07, 6.45) is 3.58. The molecule has 0 atom stereocenters. The van der Waals surface area contributed by atoms with Gasteiger partial charge in [0.2, 0.25) is 0 Å². The van der Waals surface area contributed by atoms with E-state index in [2.05, 4.69) is 31.3 Å². The topological polar surface area (TPSA) is 76.5 Å². The lowest BCUT2D eigenvalue weighted by atomic mass is 9.99. The molecule has 3 heterocycles. The third-order valence-electron chi connectivity index (χ3n) is 7.74. The average molecular weight is 611 g/mol. The van der Waals surface area contributed by atoms with E-state index in [0.29, 0.717) is 34.9 Å². The first-order chi connectivity index (χ1) is 21.2. The van der Waals surface area contributed by atoms with Crippen LogP contribution in [0.25, 0.3) is 33.6 Å². The number of benzene rings is 2. The fourth-order valence-electron chi connectivity index (χ4n) is 5.64. The van der Waals surface area contributed by atoms with Crippen LogP contribution >= 0.6 is 11.3 Å². The average Bonchev–Trinajstić information content (AvgIpc) is 3.51. The second-order valence-electron chi connectivity index (χ2n) is 11.6. The molecule has 7 nitrogen and oxygen atoms in total. The first-order valence-electron chi connectivity index (χ1n) is 15.5. The van der Waals surface area contributed by atoms with Gasteiger partial charge in [-0.15, -0.1) is 11.3 Å². The van der Waals surface area contributed by atoms with Gasteiger partial charge in [0.15, 0.2) is 0 Å². The van der Waals surface area contributed by atoms with Crippen LogP contribution in [-0.2, 0) is 12.8 Å². The molecule has 1 N–H and O–H groups in total. The molecule has 230 valence electrons. The van der Waals surface area contributed by atoms with Crippen molar-refractivity contribution in [2.24, 2.45) is 0 Å². The van der Waals surface area contributed by atoms with Gasteiger partial charge in [0, 0.05) is 37.1 Å². The molecule has 1 fully saturated rings. The van der Waals surface area contributed by atoms with Crippen LogP contribution in [0.2, 0.25) is 0 Å². The number of aryl methyl sites for hydroxylation is 2. The highest BCUT2D eigenvalue weighted by Crippen LogP contribution is 2.32. The molecule has 2 aromatic heterocycles. The first-order valence-corrected chi connectivity index (χ1v) is 16.4. The number of carbonyl (C=O) groups excluding carboxylic acids is 1. The summed E-state index contributed by atoms with van der Waals surface area (Å²) in [6, 6.07) is 15.8. The van der Waals surface area contributed by atoms with Crippen molar-refractivity contribution in [1.29, 1.82) is 0 Å². The van der Waals surface area contributed by atoms with E-state index in [4.69, 9.17) is 9.72 Å². The van der Waals surface area contributed by atoms with E-state index in [9.17, 15) is 9.59 Å². The maximum Gasteiger partial charge on any atom is 0.265 e. The van der Waals surface area contributed by atoms with Gasteiger partial charge in [0.25, 0.3) is 11.5 Å². The highest BCUT2D eigenvalue weighted by atomic mass is 32.1. The molecule has 1 amide bonds. The number of nitrogens with one attached hydrogen (secondary N) is 1. The SMILES string of the molecule is CCc1cccc(CC)c1-n1c(C=C(C)C)c(C(=O)N2CCNCC2)cc(-c2nc(-c3ccc(OC(C)C)cc3)cs2)c1=O. The number of carbonyl (C=O) groups is 1. The maximum absolute atomic E-state index is 14.7. The Labute approximate surface area is 264 Å². The molecule has 4 aromatic rings. The molecule has 0 aliphatic carbocycles. The van der Waals surface area contributed by atoms with Gasteiger partial charge >= 0.3 is 0 Å². The van der Waals surface area contributed by atoms with Gasteiger partial charge in [0.1, 0.15) is 10.8 Å². The third kappa shape index (κ3) is 6.56. The predicted octanol–water partition coefficient (Wildman–Crippen LogP) is 7.01. The van der Waals surface area contributed by atoms with Crippen LogP contribution in [0.1, 0.15) is 68.7 Å². The lowest BCUT2D eigenvalue weighted by Crippen LogP contribution is -2.47. The molecule has 1 aliphatic heterocycles. The molecule has 0 saturated carbocycles. The number of piperazine rings is 1. The van der Waals surface area contributed by atoms with Crippen LogP contribution < -0.4 is 15.6 Å². The lowest BCUT2D eigenvalue weighted by Gasteiger charge is -2.29. The van der Waals surface area contributed by atoms with Gasteiger partial charge in [0.05, 0.1) is 34.3 Å². The number of pyridine rings is 1. The number of nitrogens with zero attached hydrogens (tertiary/aromatic N) is 3. The van der Waals surface area contributed by atoms with E-state index in [-0.39, 0.29) is 17.6 Å². The van der Waals surface area contributed by atoms with E-state index in [0.717, 1.165) is 65.3 Å². The largest absolute Gasteiger partial charge is 0.491 e. The van der Waals surface area contributed by atoms with E-state index >= 15 is 0 Å². The monoisotopic (exact) mass is 610 g/mol. The van der Waals surface area contributed by atoms with Crippen LogP contribution in [0.4, 0.5) is 0 Å². The van der Waals surface area contributed by atoms with Crippen molar-refractivity contribution >= 4 is 23.3 Å². The quantitative estimate of drug-likeness (QED) is 0.221. The zero-order valence-corrected chi connectivity index (χ0v) is 27.4. The first kappa shape index (κ1) is 31.4. The number of thiazole rings is 1. The summed E-state index contributed by atoms with van der Waals surface area (Å²) in [5.74, 6) is 0.730. The molecular weight excluding hydrogens is 568 g/mol. The van der Waals surface area contributed by atoms with Gasteiger partial charge in [-0.3, -0.25) is 14.2 Å². The molecule has 8 heteroatoms. The number of allylic oxidation sites excluding steroid dienone is 1. The Morgan fingerprint density at radius 3 is 2.30 bits per heavy atom. The third-order valence-corrected chi connectivity index (χ3v) is 8.62. The Balaban J connectivity index is 1.75. The van der Waals surface area contributed by atoms with Crippen molar-refractivity contribution < 1.29 is 9.53 Å². The summed E-state index contributed by atoms with van der Waals surface area (Å²) in [7, 11) is 0. The number of para-hydroxylation sites is 1. The molecule has 0 bridgehead atoms. The summed E-state index contributed by atoms with van der Waals surface area (Å²) < 4.78 is 7.59. The summed E-state index contributed by atoms with van der Waals surface area (Å²) in [5.41, 5.74) is 7.11. The molecule has 2 aromatic carbocycles. The van der Waals surface area contributed by atoms with Crippen molar-refractivity contribution in [2.45, 2.75) is 60.5 Å². The van der Waals surface area contributed by atoms with Gasteiger partial charge in [-0.1, -0.05) is 37.6 Å². The Hall–Kier alpha value is -4.01. The minimum Gasteiger partial charge on any atom is -0.491 e. The molecule has 44 heavy (non-hydrogen) atoms. The number of hydrogen-bond donors (Lipinski definition) is 1. The molecule has 5 rings (SSSR count). The van der Waals surface area contributed by atoms with Gasteiger partial charge in [-0.05, 0) is 88.1 Å². The molecule has 0 unspecified atom stereocenters. The Morgan fingerprint density at radius 2 is 1.70 bits per heavy atom. The summed E-state index contributed by atoms with van der Waals surface area (Å²) >= 11 is 1.42. The van der Waals surface area contributed by atoms with Gasteiger partial charge < -0.3 is 15.0 Å². The highest BCUT2D eigenvalue weighted by molar-refractivity contribution is 7.13. The number of amides is 1. The Morgan fingerprint density at radius 1 is 1.05 bits per heavy atom. The molecule has 0 radical (unpaired) electrons. The smallest absolute Gasteiger partial charge is 0.265 e. The zero-order valence-electron chi connectivity index (χ0n) is 26.6. The van der Waals surface area contributed by atoms with E-state index < -0.39 is 0 Å². The molecule has 1 saturated heterocycles. The molecule has 1 aliphatic rings. The standard InChI is InChI=1S/C36H42N4O3S/c1-7-25-10-9-11-26(8-2)33(25)40-32(20-23(3)4)29(35(41)39-18-16-37-17-19-39)21-30(36(40)42)34-38-31(22-44-34)27-12-14-28(15-13-27)43-24(5)6/h9-15,20-22,24,37H,7-8,16-19H2,1-6H3. The van der Waals surface area contributed by atoms with Crippen LogP contribution in [-0.4, -0.2) is 52.6 Å². The molecular formula is C36H42N4O3S. The number of hydrogen-bond acceptors (Lipinski definition) is 6. The number of ether oxygens (including phenoxy) is 1. The summed E-state index contributed by atoms with van der Waals surface area (Å²) in [4.78, 5) is 35.8. The van der Waals surface area contributed by atoms with Crippen molar-refractivity contribution in [2.75, 3.05) is 26.2 Å². The van der Waals surface area contributed by atoms with E-state index in [1.165, 1.54) is 11.3 Å². The lowest BCUT2D eigenvalue weighted by molar-refractivity contribution is 0.0735. The maximum atomic E-state index is 14.7. The second-order valence-corrected chi connectivity index (χ2v) is 12.5. The minimum atomic E-state index is -0.174. The van der Waals surface area contributed by atoms with Crippen molar-refractivity contribution in [3.8, 4) is 33.3 Å². The van der Waals surface area contributed by atoms with Crippen LogP contribution in [0.3, 0.4) is 0 Å². The van der Waals surface area contributed by atoms with E-state index in [1.807, 2.05) is 74.4 Å². The summed E-state index contributed by atoms with van der Waals surface area (Å²) in [5, 5.41) is 5.89. The van der Waals surface area contributed by atoms with Crippen LogP contribution in [0.5, 0.6) is 5.75 Å². The van der Waals surface area contributed by atoms with Crippen molar-refractivity contribution in [1.82, 2.24) is 19.8 Å². The van der Waals surface area contributed by atoms with Crippen LogP contribution in [0, 0.1) is 0 Å². The number of aromatic nitrogens is 2. The Kier molecular flexibility index (Phi) is 9.81. The van der Waals surface area contributed by atoms with Crippen molar-refractivity contribution in [3.63, 3.8) is 0 Å². The van der Waals surface area contributed by atoms with Gasteiger partial charge in [-0.2, -0.15) is 0 Å². The van der Waals surface area contributed by atoms with Gasteiger partial charge in [-0.25, -0.2) is 4.98 Å². The molecule has 0 spiro atoms. The summed E-state index contributed by atoms with van der Waals surface area (Å²) in [6.45, 7) is 14.9. The van der Waals surface area contributed by atoms with Crippen LogP contribution in [0.15, 0.2) is 64.3 Å². The minimum absolute atomic E-state index is 0.0708.